The van der Waals surface area contributed by atoms with E-state index in [9.17, 15) is 13.2 Å². The second kappa shape index (κ2) is 7.74. The fraction of sp³-hybridized carbons (Fsp3) is 0.562. The van der Waals surface area contributed by atoms with Crippen LogP contribution >= 0.6 is 0 Å². The van der Waals surface area contributed by atoms with E-state index < -0.39 is 16.0 Å². The number of benzene rings is 1. The van der Waals surface area contributed by atoms with E-state index in [2.05, 4.69) is 4.72 Å². The van der Waals surface area contributed by atoms with E-state index in [1.165, 1.54) is 31.4 Å². The summed E-state index contributed by atoms with van der Waals surface area (Å²) in [7, 11) is -3.59. The topological polar surface area (TPSA) is 72.5 Å². The third-order valence-electron chi connectivity index (χ3n) is 3.94. The summed E-state index contributed by atoms with van der Waals surface area (Å²) in [5.41, 5.74) is 0.252. The van der Waals surface area contributed by atoms with E-state index in [1.54, 1.807) is 19.1 Å². The molecule has 0 spiro atoms. The highest BCUT2D eigenvalue weighted by Gasteiger charge is 2.20. The maximum Gasteiger partial charge on any atom is 0.338 e. The van der Waals surface area contributed by atoms with Crippen molar-refractivity contribution in [3.8, 4) is 0 Å². The average molecular weight is 325 g/mol. The van der Waals surface area contributed by atoms with Crippen molar-refractivity contribution in [2.24, 2.45) is 5.92 Å². The molecular weight excluding hydrogens is 302 g/mol. The number of hydrogen-bond acceptors (Lipinski definition) is 4. The number of esters is 1. The van der Waals surface area contributed by atoms with Gasteiger partial charge in [0.05, 0.1) is 17.1 Å². The minimum atomic E-state index is -3.59. The molecule has 1 saturated carbocycles. The molecule has 122 valence electrons. The zero-order valence-corrected chi connectivity index (χ0v) is 13.7. The highest BCUT2D eigenvalue weighted by Crippen LogP contribution is 2.23. The van der Waals surface area contributed by atoms with Gasteiger partial charge in [0.15, 0.2) is 0 Å². The van der Waals surface area contributed by atoms with E-state index in [0.29, 0.717) is 12.5 Å². The molecule has 1 aromatic rings. The predicted molar refractivity (Wildman–Crippen MR) is 84.2 cm³/mol. The van der Waals surface area contributed by atoms with Gasteiger partial charge in [0.2, 0.25) is 10.0 Å². The minimum absolute atomic E-state index is 0.105. The summed E-state index contributed by atoms with van der Waals surface area (Å²) < 4.78 is 32.2. The Balaban J connectivity index is 2.05. The van der Waals surface area contributed by atoms with Gasteiger partial charge in [-0.3, -0.25) is 0 Å². The van der Waals surface area contributed by atoms with E-state index >= 15 is 0 Å². The largest absolute Gasteiger partial charge is 0.462 e. The maximum absolute atomic E-state index is 12.3. The first-order valence-corrected chi connectivity index (χ1v) is 9.28. The van der Waals surface area contributed by atoms with Crippen LogP contribution in [-0.2, 0) is 14.8 Å². The van der Waals surface area contributed by atoms with Gasteiger partial charge in [-0.2, -0.15) is 0 Å². The van der Waals surface area contributed by atoms with Crippen molar-refractivity contribution in [3.63, 3.8) is 0 Å². The third-order valence-corrected chi connectivity index (χ3v) is 5.36. The zero-order valence-electron chi connectivity index (χ0n) is 12.9. The van der Waals surface area contributed by atoms with E-state index in [-0.39, 0.29) is 17.1 Å². The molecule has 0 atom stereocenters. The molecule has 0 bridgehead atoms. The Bertz CT molecular complexity index is 606. The first kappa shape index (κ1) is 17.0. The van der Waals surface area contributed by atoms with Crippen LogP contribution < -0.4 is 4.72 Å². The first-order chi connectivity index (χ1) is 10.5. The standard InChI is InChI=1S/C16H23NO4S/c1-2-21-16(18)14-9-6-10-15(11-14)22(19,20)17-12-13-7-4-3-5-8-13/h6,9-11,13,17H,2-5,7-8,12H2,1H3. The van der Waals surface area contributed by atoms with Crippen LogP contribution in [0.3, 0.4) is 0 Å². The number of carbonyl (C=O) groups is 1. The molecule has 0 radical (unpaired) electrons. The van der Waals surface area contributed by atoms with Gasteiger partial charge in [0.1, 0.15) is 0 Å². The van der Waals surface area contributed by atoms with Crippen LogP contribution in [0.25, 0.3) is 0 Å². The number of hydrogen-bond donors (Lipinski definition) is 1. The maximum atomic E-state index is 12.3. The molecule has 0 saturated heterocycles. The van der Waals surface area contributed by atoms with Crippen LogP contribution in [0.4, 0.5) is 0 Å². The predicted octanol–water partition coefficient (Wildman–Crippen LogP) is 2.72. The molecule has 1 aliphatic carbocycles. The monoisotopic (exact) mass is 325 g/mol. The molecular formula is C16H23NO4S. The summed E-state index contributed by atoms with van der Waals surface area (Å²) >= 11 is 0. The summed E-state index contributed by atoms with van der Waals surface area (Å²) in [5, 5.41) is 0. The van der Waals surface area contributed by atoms with Crippen LogP contribution in [0.2, 0.25) is 0 Å². The van der Waals surface area contributed by atoms with Crippen molar-refractivity contribution in [1.29, 1.82) is 0 Å². The van der Waals surface area contributed by atoms with Crippen LogP contribution in [-0.4, -0.2) is 27.5 Å². The summed E-state index contributed by atoms with van der Waals surface area (Å²) in [4.78, 5) is 11.8. The van der Waals surface area contributed by atoms with Gasteiger partial charge in [0.25, 0.3) is 0 Å². The Kier molecular flexibility index (Phi) is 5.97. The molecule has 1 aromatic carbocycles. The Hall–Kier alpha value is -1.40. The second-order valence-electron chi connectivity index (χ2n) is 5.60. The summed E-state index contributed by atoms with van der Waals surface area (Å²) in [6, 6.07) is 5.96. The molecule has 0 heterocycles. The first-order valence-electron chi connectivity index (χ1n) is 7.80. The summed E-state index contributed by atoms with van der Waals surface area (Å²) in [5.74, 6) is -0.0939. The lowest BCUT2D eigenvalue weighted by atomic mass is 9.90. The Morgan fingerprint density at radius 1 is 1.27 bits per heavy atom. The van der Waals surface area contributed by atoms with E-state index in [1.807, 2.05) is 0 Å². The van der Waals surface area contributed by atoms with Crippen LogP contribution in [0.5, 0.6) is 0 Å². The molecule has 0 amide bonds. The molecule has 2 rings (SSSR count). The van der Waals surface area contributed by atoms with E-state index in [0.717, 1.165) is 12.8 Å². The Labute approximate surface area is 132 Å². The van der Waals surface area contributed by atoms with Crippen molar-refractivity contribution in [3.05, 3.63) is 29.8 Å². The van der Waals surface area contributed by atoms with Crippen molar-refractivity contribution in [2.75, 3.05) is 13.2 Å². The highest BCUT2D eigenvalue weighted by atomic mass is 32.2. The minimum Gasteiger partial charge on any atom is -0.462 e. The molecule has 22 heavy (non-hydrogen) atoms. The van der Waals surface area contributed by atoms with Gasteiger partial charge < -0.3 is 4.74 Å². The number of ether oxygens (including phenoxy) is 1. The fourth-order valence-corrected chi connectivity index (χ4v) is 3.87. The highest BCUT2D eigenvalue weighted by molar-refractivity contribution is 7.89. The molecule has 1 aliphatic rings. The molecule has 6 heteroatoms. The number of nitrogens with one attached hydrogen (secondary N) is 1. The Morgan fingerprint density at radius 2 is 2.00 bits per heavy atom. The van der Waals surface area contributed by atoms with Crippen molar-refractivity contribution in [1.82, 2.24) is 4.72 Å². The molecule has 1 N–H and O–H groups in total. The summed E-state index contributed by atoms with van der Waals surface area (Å²) in [6.07, 6.45) is 5.73. The second-order valence-corrected chi connectivity index (χ2v) is 7.37. The molecule has 1 fully saturated rings. The quantitative estimate of drug-likeness (QED) is 0.816. The van der Waals surface area contributed by atoms with Crippen LogP contribution in [0.1, 0.15) is 49.4 Å². The van der Waals surface area contributed by atoms with E-state index in [4.69, 9.17) is 4.74 Å². The fourth-order valence-electron chi connectivity index (χ4n) is 2.71. The molecule has 0 aliphatic heterocycles. The van der Waals surface area contributed by atoms with Crippen LogP contribution in [0, 0.1) is 5.92 Å². The van der Waals surface area contributed by atoms with Crippen molar-refractivity contribution in [2.45, 2.75) is 43.9 Å². The van der Waals surface area contributed by atoms with Gasteiger partial charge in [-0.05, 0) is 43.9 Å². The van der Waals surface area contributed by atoms with Gasteiger partial charge in [-0.1, -0.05) is 25.3 Å². The Morgan fingerprint density at radius 3 is 2.68 bits per heavy atom. The average Bonchev–Trinajstić information content (AvgIpc) is 2.54. The lowest BCUT2D eigenvalue weighted by Gasteiger charge is -2.21. The van der Waals surface area contributed by atoms with Crippen molar-refractivity contribution >= 4 is 16.0 Å². The smallest absolute Gasteiger partial charge is 0.338 e. The SMILES string of the molecule is CCOC(=O)c1cccc(S(=O)(=O)NCC2CCCCC2)c1. The number of carbonyl (C=O) groups excluding carboxylic acids is 1. The third kappa shape index (κ3) is 4.55. The van der Waals surface area contributed by atoms with Gasteiger partial charge in [-0.25, -0.2) is 17.9 Å². The zero-order chi connectivity index (χ0) is 16.0. The van der Waals surface area contributed by atoms with Gasteiger partial charge >= 0.3 is 5.97 Å². The normalized spacial score (nSPS) is 16.4. The van der Waals surface area contributed by atoms with Gasteiger partial charge in [0, 0.05) is 6.54 Å². The summed E-state index contributed by atoms with van der Waals surface area (Å²) in [6.45, 7) is 2.44. The van der Waals surface area contributed by atoms with Gasteiger partial charge in [-0.15, -0.1) is 0 Å². The molecule has 0 unspecified atom stereocenters. The molecule has 5 nitrogen and oxygen atoms in total. The lowest BCUT2D eigenvalue weighted by molar-refractivity contribution is 0.0526. The van der Waals surface area contributed by atoms with Crippen molar-refractivity contribution < 1.29 is 17.9 Å². The number of rotatable bonds is 6. The lowest BCUT2D eigenvalue weighted by Crippen LogP contribution is -2.30. The molecule has 0 aromatic heterocycles. The van der Waals surface area contributed by atoms with Crippen LogP contribution in [0.15, 0.2) is 29.2 Å². The number of sulfonamides is 1.